The summed E-state index contributed by atoms with van der Waals surface area (Å²) < 4.78 is 5.96. The summed E-state index contributed by atoms with van der Waals surface area (Å²) in [7, 11) is 0. The lowest BCUT2D eigenvalue weighted by Gasteiger charge is -2.22. The minimum absolute atomic E-state index is 0. The van der Waals surface area contributed by atoms with Crippen LogP contribution in [0.15, 0.2) is 24.3 Å². The summed E-state index contributed by atoms with van der Waals surface area (Å²) in [5.41, 5.74) is 0.792. The third kappa shape index (κ3) is 5.17. The van der Waals surface area contributed by atoms with Gasteiger partial charge in [-0.25, -0.2) is 0 Å². The minimum Gasteiger partial charge on any atom is -0.493 e. The standard InChI is InChI=1S/C22H32N2O2.ClH/c25-22(24-12-10-19-14-23-15-20(19)11-13-24)18-6-8-21(9-7-18)26-16-17-4-2-1-3-5-17;/h6-9,17,19-20,23H,1-5,10-16H2;1H/t19-,20+;. The largest absolute Gasteiger partial charge is 0.493 e. The first kappa shape index (κ1) is 20.5. The first-order valence-electron chi connectivity index (χ1n) is 10.5. The van der Waals surface area contributed by atoms with E-state index in [4.69, 9.17) is 4.74 Å². The van der Waals surface area contributed by atoms with Crippen molar-refractivity contribution in [2.75, 3.05) is 32.8 Å². The number of amides is 1. The number of nitrogens with one attached hydrogen (secondary N) is 1. The summed E-state index contributed by atoms with van der Waals surface area (Å²) in [4.78, 5) is 14.9. The lowest BCUT2D eigenvalue weighted by molar-refractivity contribution is 0.0758. The van der Waals surface area contributed by atoms with Crippen LogP contribution < -0.4 is 10.1 Å². The van der Waals surface area contributed by atoms with Gasteiger partial charge >= 0.3 is 0 Å². The average molecular weight is 393 g/mol. The Balaban J connectivity index is 0.00000210. The van der Waals surface area contributed by atoms with Gasteiger partial charge in [-0.15, -0.1) is 12.4 Å². The maximum atomic E-state index is 12.9. The zero-order chi connectivity index (χ0) is 17.8. The Morgan fingerprint density at radius 3 is 2.22 bits per heavy atom. The number of carbonyl (C=O) groups excluding carboxylic acids is 1. The van der Waals surface area contributed by atoms with Crippen LogP contribution in [0.1, 0.15) is 55.3 Å². The van der Waals surface area contributed by atoms with Crippen molar-refractivity contribution in [3.05, 3.63) is 29.8 Å². The van der Waals surface area contributed by atoms with E-state index in [1.165, 1.54) is 32.1 Å². The molecule has 1 aromatic carbocycles. The fraction of sp³-hybridized carbons (Fsp3) is 0.682. The van der Waals surface area contributed by atoms with Crippen LogP contribution in [0, 0.1) is 17.8 Å². The summed E-state index contributed by atoms with van der Waals surface area (Å²) in [6.45, 7) is 4.85. The Morgan fingerprint density at radius 1 is 0.963 bits per heavy atom. The van der Waals surface area contributed by atoms with Gasteiger partial charge in [0.1, 0.15) is 5.75 Å². The zero-order valence-electron chi connectivity index (χ0n) is 16.2. The molecule has 3 aliphatic rings. The van der Waals surface area contributed by atoms with Crippen LogP contribution in [0.25, 0.3) is 0 Å². The number of likely N-dealkylation sites (tertiary alicyclic amines) is 1. The van der Waals surface area contributed by atoms with Gasteiger partial charge in [0.05, 0.1) is 6.61 Å². The van der Waals surface area contributed by atoms with Gasteiger partial charge in [-0.2, -0.15) is 0 Å². The smallest absolute Gasteiger partial charge is 0.253 e. The molecule has 5 heteroatoms. The van der Waals surface area contributed by atoms with Crippen LogP contribution in [0.2, 0.25) is 0 Å². The van der Waals surface area contributed by atoms with E-state index in [-0.39, 0.29) is 18.3 Å². The number of hydrogen-bond donors (Lipinski definition) is 1. The molecule has 0 aromatic heterocycles. The van der Waals surface area contributed by atoms with E-state index in [1.54, 1.807) is 0 Å². The second kappa shape index (κ2) is 9.79. The molecule has 3 fully saturated rings. The maximum absolute atomic E-state index is 12.9. The van der Waals surface area contributed by atoms with Crippen LogP contribution in [0.4, 0.5) is 0 Å². The van der Waals surface area contributed by atoms with Crippen LogP contribution in [-0.2, 0) is 0 Å². The number of hydrogen-bond acceptors (Lipinski definition) is 3. The van der Waals surface area contributed by atoms with Gasteiger partial charge < -0.3 is 15.0 Å². The SMILES string of the molecule is Cl.O=C(c1ccc(OCC2CCCCC2)cc1)N1CC[C@@H]2CNC[C@@H]2CC1. The summed E-state index contributed by atoms with van der Waals surface area (Å²) in [5, 5.41) is 3.49. The monoisotopic (exact) mass is 392 g/mol. The van der Waals surface area contributed by atoms with Gasteiger partial charge in [-0.1, -0.05) is 19.3 Å². The van der Waals surface area contributed by atoms with E-state index in [1.807, 2.05) is 24.3 Å². The van der Waals surface area contributed by atoms with Gasteiger partial charge in [-0.3, -0.25) is 4.79 Å². The van der Waals surface area contributed by atoms with Gasteiger partial charge in [0, 0.05) is 18.7 Å². The number of halogens is 1. The molecule has 1 N–H and O–H groups in total. The predicted molar refractivity (Wildman–Crippen MR) is 111 cm³/mol. The van der Waals surface area contributed by atoms with Gasteiger partial charge in [0.2, 0.25) is 0 Å². The van der Waals surface area contributed by atoms with Crippen LogP contribution >= 0.6 is 12.4 Å². The van der Waals surface area contributed by atoms with Crippen molar-refractivity contribution >= 4 is 18.3 Å². The molecule has 2 aliphatic heterocycles. The highest BCUT2D eigenvalue weighted by Crippen LogP contribution is 2.28. The summed E-state index contributed by atoms with van der Waals surface area (Å²) in [5.74, 6) is 3.28. The lowest BCUT2D eigenvalue weighted by Crippen LogP contribution is -2.32. The molecule has 150 valence electrons. The molecule has 1 amide bonds. The molecule has 4 rings (SSSR count). The molecule has 4 nitrogen and oxygen atoms in total. The van der Waals surface area contributed by atoms with E-state index in [2.05, 4.69) is 10.2 Å². The van der Waals surface area contributed by atoms with Crippen molar-refractivity contribution in [3.8, 4) is 5.75 Å². The minimum atomic E-state index is 0. The van der Waals surface area contributed by atoms with E-state index in [0.717, 1.165) is 68.8 Å². The zero-order valence-corrected chi connectivity index (χ0v) is 17.0. The topological polar surface area (TPSA) is 41.6 Å². The summed E-state index contributed by atoms with van der Waals surface area (Å²) >= 11 is 0. The summed E-state index contributed by atoms with van der Waals surface area (Å²) in [6.07, 6.45) is 8.91. The Hall–Kier alpha value is -1.26. The molecule has 1 aromatic rings. The third-order valence-electron chi connectivity index (χ3n) is 6.62. The van der Waals surface area contributed by atoms with Crippen molar-refractivity contribution in [2.24, 2.45) is 17.8 Å². The molecule has 0 spiro atoms. The van der Waals surface area contributed by atoms with Gasteiger partial charge in [-0.05, 0) is 80.8 Å². The lowest BCUT2D eigenvalue weighted by atomic mass is 9.90. The number of benzene rings is 1. The van der Waals surface area contributed by atoms with Crippen LogP contribution in [0.3, 0.4) is 0 Å². The molecular weight excluding hydrogens is 360 g/mol. The van der Waals surface area contributed by atoms with E-state index >= 15 is 0 Å². The molecule has 1 aliphatic carbocycles. The van der Waals surface area contributed by atoms with E-state index < -0.39 is 0 Å². The van der Waals surface area contributed by atoms with E-state index in [9.17, 15) is 4.79 Å². The maximum Gasteiger partial charge on any atom is 0.253 e. The molecule has 27 heavy (non-hydrogen) atoms. The molecule has 1 saturated carbocycles. The number of carbonyl (C=O) groups is 1. The van der Waals surface area contributed by atoms with Crippen LogP contribution in [0.5, 0.6) is 5.75 Å². The highest BCUT2D eigenvalue weighted by molar-refractivity contribution is 5.94. The molecule has 2 heterocycles. The summed E-state index contributed by atoms with van der Waals surface area (Å²) in [6, 6.07) is 7.80. The van der Waals surface area contributed by atoms with Crippen molar-refractivity contribution in [1.82, 2.24) is 10.2 Å². The average Bonchev–Trinajstić information content (AvgIpc) is 3.05. The third-order valence-corrected chi connectivity index (χ3v) is 6.62. The quantitative estimate of drug-likeness (QED) is 0.837. The molecule has 2 saturated heterocycles. The molecule has 2 atom stereocenters. The molecule has 0 radical (unpaired) electrons. The number of fused-ring (bicyclic) bond motifs is 1. The Bertz CT molecular complexity index is 587. The molecule has 0 unspecified atom stereocenters. The Kier molecular flexibility index (Phi) is 7.42. The highest BCUT2D eigenvalue weighted by Gasteiger charge is 2.31. The molecule has 0 bridgehead atoms. The van der Waals surface area contributed by atoms with E-state index in [0.29, 0.717) is 5.92 Å². The second-order valence-corrected chi connectivity index (χ2v) is 8.39. The van der Waals surface area contributed by atoms with Crippen LogP contribution in [-0.4, -0.2) is 43.6 Å². The first-order valence-corrected chi connectivity index (χ1v) is 10.5. The van der Waals surface area contributed by atoms with Crippen molar-refractivity contribution in [1.29, 1.82) is 0 Å². The Morgan fingerprint density at radius 2 is 1.59 bits per heavy atom. The van der Waals surface area contributed by atoms with Crippen molar-refractivity contribution in [3.63, 3.8) is 0 Å². The highest BCUT2D eigenvalue weighted by atomic mass is 35.5. The number of ether oxygens (including phenoxy) is 1. The second-order valence-electron chi connectivity index (χ2n) is 8.39. The van der Waals surface area contributed by atoms with Crippen molar-refractivity contribution in [2.45, 2.75) is 44.9 Å². The fourth-order valence-electron chi connectivity index (χ4n) is 4.87. The predicted octanol–water partition coefficient (Wildman–Crippen LogP) is 4.14. The molecular formula is C22H33ClN2O2. The van der Waals surface area contributed by atoms with Gasteiger partial charge in [0.25, 0.3) is 5.91 Å². The normalized spacial score (nSPS) is 26.0. The Labute approximate surface area is 169 Å². The number of rotatable bonds is 4. The van der Waals surface area contributed by atoms with Gasteiger partial charge in [0.15, 0.2) is 0 Å². The van der Waals surface area contributed by atoms with Crippen molar-refractivity contribution < 1.29 is 9.53 Å². The fourth-order valence-corrected chi connectivity index (χ4v) is 4.87. The number of nitrogens with zero attached hydrogens (tertiary/aromatic N) is 1. The first-order chi connectivity index (χ1) is 12.8.